The number of nitrogens with one attached hydrogen (secondary N) is 1. The van der Waals surface area contributed by atoms with E-state index in [1.54, 1.807) is 24.3 Å². The Bertz CT molecular complexity index is 389. The molecule has 0 heterocycles. The van der Waals surface area contributed by atoms with Crippen molar-refractivity contribution in [3.8, 4) is 0 Å². The molecule has 16 heavy (non-hydrogen) atoms. The first-order valence-electron chi connectivity index (χ1n) is 4.75. The van der Waals surface area contributed by atoms with Crippen molar-refractivity contribution in [2.24, 2.45) is 5.92 Å². The summed E-state index contributed by atoms with van der Waals surface area (Å²) in [4.78, 5) is 21.8. The van der Waals surface area contributed by atoms with Crippen LogP contribution in [0, 0.1) is 5.92 Å². The van der Waals surface area contributed by atoms with Crippen LogP contribution < -0.4 is 5.32 Å². The Morgan fingerprint density at radius 1 is 1.38 bits per heavy atom. The van der Waals surface area contributed by atoms with Gasteiger partial charge in [0.25, 0.3) is 0 Å². The highest BCUT2D eigenvalue weighted by molar-refractivity contribution is 6.30. The van der Waals surface area contributed by atoms with Gasteiger partial charge < -0.3 is 10.4 Å². The van der Waals surface area contributed by atoms with Gasteiger partial charge in [-0.25, -0.2) is 0 Å². The first-order valence-corrected chi connectivity index (χ1v) is 5.13. The van der Waals surface area contributed by atoms with Crippen molar-refractivity contribution in [1.29, 1.82) is 0 Å². The number of carbonyl (C=O) groups excluding carboxylic acids is 1. The number of benzene rings is 1. The molecule has 1 unspecified atom stereocenters. The molecule has 86 valence electrons. The van der Waals surface area contributed by atoms with Crippen LogP contribution in [0.15, 0.2) is 24.3 Å². The lowest BCUT2D eigenvalue weighted by atomic mass is 10.1. The Balaban J connectivity index is 2.49. The third kappa shape index (κ3) is 3.55. The van der Waals surface area contributed by atoms with Crippen LogP contribution in [0.4, 0.5) is 0 Å². The van der Waals surface area contributed by atoms with Crippen LogP contribution >= 0.6 is 11.6 Å². The van der Waals surface area contributed by atoms with Gasteiger partial charge in [0.05, 0.1) is 0 Å². The van der Waals surface area contributed by atoms with E-state index >= 15 is 0 Å². The van der Waals surface area contributed by atoms with Gasteiger partial charge in [-0.15, -0.1) is 0 Å². The second-order valence-corrected chi connectivity index (χ2v) is 3.84. The fraction of sp³-hybridized carbons (Fsp3) is 0.273. The molecule has 4 nitrogen and oxygen atoms in total. The minimum Gasteiger partial charge on any atom is -0.481 e. The first kappa shape index (κ1) is 12.5. The van der Waals surface area contributed by atoms with E-state index in [4.69, 9.17) is 16.7 Å². The van der Waals surface area contributed by atoms with Crippen LogP contribution in [0.3, 0.4) is 0 Å². The molecule has 1 atom stereocenters. The zero-order valence-electron chi connectivity index (χ0n) is 8.74. The van der Waals surface area contributed by atoms with E-state index in [1.807, 2.05) is 0 Å². The molecule has 2 N–H and O–H groups in total. The molecule has 5 heteroatoms. The number of hydrogen-bond acceptors (Lipinski definition) is 2. The van der Waals surface area contributed by atoms with Crippen molar-refractivity contribution in [3.05, 3.63) is 34.9 Å². The summed E-state index contributed by atoms with van der Waals surface area (Å²) in [6.07, 6.45) is 0. The van der Waals surface area contributed by atoms with Crippen LogP contribution in [-0.4, -0.2) is 17.0 Å². The molecule has 1 amide bonds. The van der Waals surface area contributed by atoms with E-state index in [-0.39, 0.29) is 0 Å². The monoisotopic (exact) mass is 241 g/mol. The highest BCUT2D eigenvalue weighted by Gasteiger charge is 2.19. The molecule has 0 aliphatic heterocycles. The molecular weight excluding hydrogens is 230 g/mol. The number of carboxylic acid groups (broad SMARTS) is 1. The lowest BCUT2D eigenvalue weighted by Crippen LogP contribution is -2.33. The zero-order chi connectivity index (χ0) is 12.1. The number of aliphatic carboxylic acids is 1. The fourth-order valence-electron chi connectivity index (χ4n) is 1.06. The maximum atomic E-state index is 11.3. The van der Waals surface area contributed by atoms with Gasteiger partial charge in [0.2, 0.25) is 5.91 Å². The third-order valence-corrected chi connectivity index (χ3v) is 2.40. The van der Waals surface area contributed by atoms with Gasteiger partial charge in [-0.05, 0) is 24.6 Å². The maximum Gasteiger partial charge on any atom is 0.315 e. The van der Waals surface area contributed by atoms with E-state index in [1.165, 1.54) is 6.92 Å². The highest BCUT2D eigenvalue weighted by atomic mass is 35.5. The number of halogens is 1. The average molecular weight is 242 g/mol. The summed E-state index contributed by atoms with van der Waals surface area (Å²) in [5.74, 6) is -2.66. The molecule has 0 saturated heterocycles. The van der Waals surface area contributed by atoms with Crippen LogP contribution in [0.25, 0.3) is 0 Å². The van der Waals surface area contributed by atoms with Crippen molar-refractivity contribution in [3.63, 3.8) is 0 Å². The molecule has 1 aromatic carbocycles. The lowest BCUT2D eigenvalue weighted by Gasteiger charge is -2.08. The van der Waals surface area contributed by atoms with Gasteiger partial charge in [-0.2, -0.15) is 0 Å². The standard InChI is InChI=1S/C11H12ClNO3/c1-7(11(15)16)10(14)13-6-8-2-4-9(12)5-3-8/h2-5,7H,6H2,1H3,(H,13,14)(H,15,16). The quantitative estimate of drug-likeness (QED) is 0.789. The van der Waals surface area contributed by atoms with E-state index in [2.05, 4.69) is 5.32 Å². The zero-order valence-corrected chi connectivity index (χ0v) is 9.49. The lowest BCUT2D eigenvalue weighted by molar-refractivity contribution is -0.146. The van der Waals surface area contributed by atoms with Crippen molar-refractivity contribution in [1.82, 2.24) is 5.32 Å². The number of carbonyl (C=O) groups is 2. The van der Waals surface area contributed by atoms with Crippen LogP contribution in [0.5, 0.6) is 0 Å². The van der Waals surface area contributed by atoms with Crippen molar-refractivity contribution in [2.45, 2.75) is 13.5 Å². The Labute approximate surface area is 98.2 Å². The number of carboxylic acids is 1. The third-order valence-electron chi connectivity index (χ3n) is 2.14. The predicted octanol–water partition coefficient (Wildman–Crippen LogP) is 1.68. The van der Waals surface area contributed by atoms with Gasteiger partial charge in [0.1, 0.15) is 5.92 Å². The molecular formula is C11H12ClNO3. The molecule has 1 rings (SSSR count). The maximum absolute atomic E-state index is 11.3. The average Bonchev–Trinajstić information content (AvgIpc) is 2.26. The summed E-state index contributed by atoms with van der Waals surface area (Å²) in [6, 6.07) is 6.97. The molecule has 0 fully saturated rings. The van der Waals surface area contributed by atoms with Gasteiger partial charge in [0.15, 0.2) is 0 Å². The van der Waals surface area contributed by atoms with E-state index in [0.717, 1.165) is 5.56 Å². The SMILES string of the molecule is CC(C(=O)O)C(=O)NCc1ccc(Cl)cc1. The van der Waals surface area contributed by atoms with Gasteiger partial charge >= 0.3 is 5.97 Å². The topological polar surface area (TPSA) is 66.4 Å². The van der Waals surface area contributed by atoms with Gasteiger partial charge in [-0.3, -0.25) is 9.59 Å². The van der Waals surface area contributed by atoms with E-state index in [9.17, 15) is 9.59 Å². The molecule has 0 aliphatic carbocycles. The van der Waals surface area contributed by atoms with E-state index < -0.39 is 17.8 Å². The van der Waals surface area contributed by atoms with Crippen LogP contribution in [0.2, 0.25) is 5.02 Å². The molecule has 0 aromatic heterocycles. The van der Waals surface area contributed by atoms with Gasteiger partial charge in [0, 0.05) is 11.6 Å². The molecule has 0 bridgehead atoms. The van der Waals surface area contributed by atoms with Crippen molar-refractivity contribution < 1.29 is 14.7 Å². The molecule has 0 saturated carbocycles. The molecule has 0 radical (unpaired) electrons. The second kappa shape index (κ2) is 5.51. The number of hydrogen-bond donors (Lipinski definition) is 2. The predicted molar refractivity (Wildman–Crippen MR) is 60.1 cm³/mol. The Morgan fingerprint density at radius 3 is 2.44 bits per heavy atom. The summed E-state index contributed by atoms with van der Waals surface area (Å²) >= 11 is 5.70. The van der Waals surface area contributed by atoms with Crippen molar-refractivity contribution >= 4 is 23.5 Å². The normalized spacial score (nSPS) is 11.9. The molecule has 0 spiro atoms. The summed E-state index contributed by atoms with van der Waals surface area (Å²) in [5.41, 5.74) is 0.871. The second-order valence-electron chi connectivity index (χ2n) is 3.40. The summed E-state index contributed by atoms with van der Waals surface area (Å²) in [5, 5.41) is 11.8. The fourth-order valence-corrected chi connectivity index (χ4v) is 1.18. The van der Waals surface area contributed by atoms with Crippen LogP contribution in [0.1, 0.15) is 12.5 Å². The molecule has 1 aromatic rings. The Hall–Kier alpha value is -1.55. The summed E-state index contributed by atoms with van der Waals surface area (Å²) in [6.45, 7) is 1.65. The Kier molecular flexibility index (Phi) is 4.31. The summed E-state index contributed by atoms with van der Waals surface area (Å²) in [7, 11) is 0. The van der Waals surface area contributed by atoms with Crippen LogP contribution in [-0.2, 0) is 16.1 Å². The smallest absolute Gasteiger partial charge is 0.315 e. The highest BCUT2D eigenvalue weighted by Crippen LogP contribution is 2.09. The number of rotatable bonds is 4. The van der Waals surface area contributed by atoms with Crippen molar-refractivity contribution in [2.75, 3.05) is 0 Å². The minimum atomic E-state index is -1.13. The number of amides is 1. The van der Waals surface area contributed by atoms with Gasteiger partial charge in [-0.1, -0.05) is 23.7 Å². The largest absolute Gasteiger partial charge is 0.481 e. The first-order chi connectivity index (χ1) is 7.50. The Morgan fingerprint density at radius 2 is 1.94 bits per heavy atom. The molecule has 0 aliphatic rings. The minimum absolute atomic E-state index is 0.299. The van der Waals surface area contributed by atoms with E-state index in [0.29, 0.717) is 11.6 Å². The summed E-state index contributed by atoms with van der Waals surface area (Å²) < 4.78 is 0.